The zero-order valence-electron chi connectivity index (χ0n) is 16.8. The highest BCUT2D eigenvalue weighted by Crippen LogP contribution is 2.30. The topological polar surface area (TPSA) is 35.5 Å². The van der Waals surface area contributed by atoms with Crippen molar-refractivity contribution in [3.8, 4) is 0 Å². The van der Waals surface area contributed by atoms with Crippen molar-refractivity contribution in [2.45, 2.75) is 97.2 Å². The van der Waals surface area contributed by atoms with Crippen LogP contribution in [0, 0.1) is 5.92 Å². The van der Waals surface area contributed by atoms with Crippen molar-refractivity contribution in [1.82, 2.24) is 0 Å². The monoisotopic (exact) mass is 350 g/mol. The highest BCUT2D eigenvalue weighted by atomic mass is 16.5. The van der Waals surface area contributed by atoms with Gasteiger partial charge in [-0.1, -0.05) is 64.2 Å². The molecule has 3 atom stereocenters. The van der Waals surface area contributed by atoms with Gasteiger partial charge in [0.15, 0.2) is 0 Å². The van der Waals surface area contributed by atoms with Crippen molar-refractivity contribution in [3.05, 3.63) is 23.8 Å². The van der Waals surface area contributed by atoms with Crippen LogP contribution in [0.25, 0.3) is 0 Å². The molecule has 0 saturated carbocycles. The second-order valence-corrected chi connectivity index (χ2v) is 7.41. The molecule has 0 unspecified atom stereocenters. The average Bonchev–Trinajstić information content (AvgIpc) is 2.61. The summed E-state index contributed by atoms with van der Waals surface area (Å²) in [5.41, 5.74) is 1.25. The summed E-state index contributed by atoms with van der Waals surface area (Å²) in [6.45, 7) is 6.62. The molecule has 25 heavy (non-hydrogen) atoms. The molecule has 0 aromatic carbocycles. The van der Waals surface area contributed by atoms with Gasteiger partial charge in [0.05, 0.1) is 25.7 Å². The number of unbranched alkanes of at least 4 members (excludes halogenated alkanes) is 6. The van der Waals surface area contributed by atoms with Gasteiger partial charge >= 0.3 is 5.97 Å². The quantitative estimate of drug-likeness (QED) is 0.261. The summed E-state index contributed by atoms with van der Waals surface area (Å²) in [6, 6.07) is 0. The van der Waals surface area contributed by atoms with E-state index >= 15 is 0 Å². The maximum Gasteiger partial charge on any atom is 0.308 e. The van der Waals surface area contributed by atoms with Crippen molar-refractivity contribution < 1.29 is 14.3 Å². The maximum absolute atomic E-state index is 11.5. The molecule has 0 aliphatic carbocycles. The van der Waals surface area contributed by atoms with Gasteiger partial charge in [-0.05, 0) is 44.1 Å². The predicted octanol–water partition coefficient (Wildman–Crippen LogP) is 5.99. The lowest BCUT2D eigenvalue weighted by atomic mass is 9.88. The fourth-order valence-corrected chi connectivity index (χ4v) is 3.44. The Morgan fingerprint density at radius 3 is 2.60 bits per heavy atom. The number of carbonyl (C=O) groups is 1. The first kappa shape index (κ1) is 22.0. The molecule has 1 fully saturated rings. The van der Waals surface area contributed by atoms with E-state index in [1.807, 2.05) is 0 Å². The molecule has 0 N–H and O–H groups in total. The lowest BCUT2D eigenvalue weighted by Gasteiger charge is -2.35. The van der Waals surface area contributed by atoms with Crippen molar-refractivity contribution >= 4 is 5.97 Å². The summed E-state index contributed by atoms with van der Waals surface area (Å²) in [5.74, 6) is 0.316. The van der Waals surface area contributed by atoms with E-state index in [2.05, 4.69) is 39.0 Å². The van der Waals surface area contributed by atoms with E-state index < -0.39 is 0 Å². The molecule has 0 radical (unpaired) electrons. The van der Waals surface area contributed by atoms with Gasteiger partial charge in [0.2, 0.25) is 0 Å². The van der Waals surface area contributed by atoms with Crippen LogP contribution in [-0.2, 0) is 14.3 Å². The molecule has 1 aliphatic heterocycles. The minimum absolute atomic E-state index is 0.0101. The Labute approximate surface area is 154 Å². The average molecular weight is 351 g/mol. The van der Waals surface area contributed by atoms with E-state index in [1.165, 1.54) is 51.2 Å². The first-order chi connectivity index (χ1) is 12.1. The number of carbonyl (C=O) groups excluding carboxylic acids is 1. The summed E-state index contributed by atoms with van der Waals surface area (Å²) in [4.78, 5) is 11.5. The van der Waals surface area contributed by atoms with Crippen LogP contribution in [0.15, 0.2) is 23.8 Å². The van der Waals surface area contributed by atoms with E-state index in [0.29, 0.717) is 12.3 Å². The number of hydrogen-bond acceptors (Lipinski definition) is 3. The first-order valence-electron chi connectivity index (χ1n) is 10.1. The van der Waals surface area contributed by atoms with E-state index in [0.717, 1.165) is 19.3 Å². The molecule has 0 aromatic rings. The molecule has 0 spiro atoms. The molecule has 3 nitrogen and oxygen atoms in total. The zero-order valence-corrected chi connectivity index (χ0v) is 16.8. The molecule has 0 aromatic heterocycles. The van der Waals surface area contributed by atoms with E-state index in [4.69, 9.17) is 9.47 Å². The lowest BCUT2D eigenvalue weighted by molar-refractivity contribution is -0.147. The van der Waals surface area contributed by atoms with Crippen molar-refractivity contribution in [2.24, 2.45) is 5.92 Å². The lowest BCUT2D eigenvalue weighted by Crippen LogP contribution is -2.35. The highest BCUT2D eigenvalue weighted by molar-refractivity contribution is 5.69. The minimum Gasteiger partial charge on any atom is -0.469 e. The van der Waals surface area contributed by atoms with Gasteiger partial charge in [-0.25, -0.2) is 0 Å². The number of esters is 1. The molecule has 1 rings (SSSR count). The van der Waals surface area contributed by atoms with Gasteiger partial charge < -0.3 is 9.47 Å². The van der Waals surface area contributed by atoms with Crippen molar-refractivity contribution in [2.75, 3.05) is 7.11 Å². The van der Waals surface area contributed by atoms with Crippen LogP contribution in [0.2, 0.25) is 0 Å². The molecular weight excluding hydrogens is 312 g/mol. The van der Waals surface area contributed by atoms with Crippen molar-refractivity contribution in [1.29, 1.82) is 0 Å². The number of methoxy groups -OCH3 is 1. The normalized spacial score (nSPS) is 24.6. The van der Waals surface area contributed by atoms with E-state index in [1.54, 1.807) is 0 Å². The van der Waals surface area contributed by atoms with Gasteiger partial charge in [0.1, 0.15) is 0 Å². The molecule has 144 valence electrons. The summed E-state index contributed by atoms with van der Waals surface area (Å²) >= 11 is 0. The third-order valence-corrected chi connectivity index (χ3v) is 5.09. The van der Waals surface area contributed by atoms with Crippen LogP contribution in [0.1, 0.15) is 85.0 Å². The van der Waals surface area contributed by atoms with Gasteiger partial charge in [0.25, 0.3) is 0 Å². The molecule has 0 bridgehead atoms. The summed E-state index contributed by atoms with van der Waals surface area (Å²) in [6.07, 6.45) is 18.3. The molecular formula is C22H38O3. The minimum atomic E-state index is -0.182. The van der Waals surface area contributed by atoms with Crippen LogP contribution in [0.5, 0.6) is 0 Å². The smallest absolute Gasteiger partial charge is 0.308 e. The molecule has 3 heteroatoms. The number of rotatable bonds is 11. The van der Waals surface area contributed by atoms with Crippen LogP contribution in [-0.4, -0.2) is 25.3 Å². The van der Waals surface area contributed by atoms with Gasteiger partial charge in [-0.15, -0.1) is 0 Å². The van der Waals surface area contributed by atoms with Crippen LogP contribution in [0.3, 0.4) is 0 Å². The first-order valence-corrected chi connectivity index (χ1v) is 10.1. The largest absolute Gasteiger partial charge is 0.469 e. The van der Waals surface area contributed by atoms with Crippen LogP contribution < -0.4 is 0 Å². The Morgan fingerprint density at radius 2 is 1.88 bits per heavy atom. The van der Waals surface area contributed by atoms with E-state index in [9.17, 15) is 4.79 Å². The predicted molar refractivity (Wildman–Crippen MR) is 105 cm³/mol. The third kappa shape index (κ3) is 9.25. The van der Waals surface area contributed by atoms with Crippen molar-refractivity contribution in [3.63, 3.8) is 0 Å². The molecule has 0 amide bonds. The van der Waals surface area contributed by atoms with Gasteiger partial charge in [0, 0.05) is 0 Å². The van der Waals surface area contributed by atoms with Gasteiger partial charge in [-0.3, -0.25) is 4.79 Å². The fourth-order valence-electron chi connectivity index (χ4n) is 3.44. The highest BCUT2D eigenvalue weighted by Gasteiger charge is 2.30. The molecule has 1 saturated heterocycles. The Hall–Kier alpha value is -1.09. The Kier molecular flexibility index (Phi) is 11.6. The summed E-state index contributed by atoms with van der Waals surface area (Å²) in [5, 5.41) is 0. The Morgan fingerprint density at radius 1 is 1.16 bits per heavy atom. The third-order valence-electron chi connectivity index (χ3n) is 5.09. The van der Waals surface area contributed by atoms with Crippen LogP contribution >= 0.6 is 0 Å². The molecule has 1 aliphatic rings. The Balaban J connectivity index is 2.34. The standard InChI is InChI=1S/C22H38O3/c1-5-6-7-8-9-10-11-12-13-14-18(2)22-19(3)15-16-20(25-22)17-21(23)24-4/h12-14,19-20,22H,5-11,15-17H2,1-4H3/b13-12+,18-14+/t19-,20+,22+/m0/s1. The van der Waals surface area contributed by atoms with E-state index in [-0.39, 0.29) is 18.2 Å². The zero-order chi connectivity index (χ0) is 18.5. The SMILES string of the molecule is CCCCCCCC/C=C/C=C(\C)[C@H]1O[C@@H](CC(=O)OC)CC[C@@H]1C. The Bertz CT molecular complexity index is 425. The second-order valence-electron chi connectivity index (χ2n) is 7.41. The number of ether oxygens (including phenoxy) is 2. The fraction of sp³-hybridized carbons (Fsp3) is 0.773. The maximum atomic E-state index is 11.5. The van der Waals surface area contributed by atoms with Gasteiger partial charge in [-0.2, -0.15) is 0 Å². The number of hydrogen-bond donors (Lipinski definition) is 0. The molecule has 1 heterocycles. The summed E-state index contributed by atoms with van der Waals surface area (Å²) in [7, 11) is 1.44. The number of allylic oxidation sites excluding steroid dienone is 3. The summed E-state index contributed by atoms with van der Waals surface area (Å²) < 4.78 is 10.9. The second kappa shape index (κ2) is 13.2. The van der Waals surface area contributed by atoms with Crippen LogP contribution in [0.4, 0.5) is 0 Å².